The van der Waals surface area contributed by atoms with Crippen molar-refractivity contribution in [1.82, 2.24) is 9.88 Å². The smallest absolute Gasteiger partial charge is 0.306 e. The zero-order chi connectivity index (χ0) is 27.9. The number of likely N-dealkylation sites (tertiary alicyclic amines) is 1. The Labute approximate surface area is 267 Å². The number of piperidine rings is 1. The zero-order valence-electron chi connectivity index (χ0n) is 24.7. The molecule has 1 aliphatic heterocycles. The van der Waals surface area contributed by atoms with Gasteiger partial charge in [0.05, 0.1) is 11.2 Å². The van der Waals surface area contributed by atoms with Crippen molar-refractivity contribution >= 4 is 41.7 Å². The highest BCUT2D eigenvalue weighted by atomic mass is 35.5. The number of aromatic nitrogens is 1. The van der Waals surface area contributed by atoms with Gasteiger partial charge in [-0.1, -0.05) is 67.1 Å². The van der Waals surface area contributed by atoms with E-state index in [0.29, 0.717) is 13.0 Å². The molecule has 7 heteroatoms. The maximum absolute atomic E-state index is 13.2. The van der Waals surface area contributed by atoms with Crippen molar-refractivity contribution in [2.45, 2.75) is 64.1 Å². The number of fused-ring (bicyclic) bond motifs is 2. The number of hydrogen-bond acceptors (Lipinski definition) is 5. The van der Waals surface area contributed by atoms with Crippen LogP contribution < -0.4 is 4.74 Å². The average molecular weight is 622 g/mol. The van der Waals surface area contributed by atoms with Gasteiger partial charge in [0.1, 0.15) is 18.5 Å². The van der Waals surface area contributed by atoms with Gasteiger partial charge in [-0.15, -0.1) is 24.8 Å². The summed E-state index contributed by atoms with van der Waals surface area (Å²) in [7, 11) is 0. The molecule has 0 radical (unpaired) electrons. The molecule has 1 saturated heterocycles. The first-order valence-corrected chi connectivity index (χ1v) is 15.3. The minimum absolute atomic E-state index is 0. The van der Waals surface area contributed by atoms with Crippen LogP contribution in [-0.2, 0) is 29.0 Å². The van der Waals surface area contributed by atoms with Crippen LogP contribution in [0.3, 0.4) is 0 Å². The van der Waals surface area contributed by atoms with Crippen LogP contribution in [0.5, 0.6) is 5.75 Å². The quantitative estimate of drug-likeness (QED) is 0.167. The summed E-state index contributed by atoms with van der Waals surface area (Å²) in [6, 6.07) is 29.1. The summed E-state index contributed by atoms with van der Waals surface area (Å²) < 4.78 is 12.6. The zero-order valence-corrected chi connectivity index (χ0v) is 26.3. The van der Waals surface area contributed by atoms with Crippen molar-refractivity contribution in [3.8, 4) is 5.75 Å². The lowest BCUT2D eigenvalue weighted by Gasteiger charge is -2.34. The van der Waals surface area contributed by atoms with Crippen LogP contribution in [0.15, 0.2) is 84.9 Å². The molecule has 0 N–H and O–H groups in total. The minimum atomic E-state index is -0.274. The minimum Gasteiger partial charge on any atom is -0.487 e. The van der Waals surface area contributed by atoms with Crippen molar-refractivity contribution in [2.75, 3.05) is 19.6 Å². The van der Waals surface area contributed by atoms with Crippen LogP contribution in [0.2, 0.25) is 0 Å². The lowest BCUT2D eigenvalue weighted by atomic mass is 9.78. The summed E-state index contributed by atoms with van der Waals surface area (Å²) in [4.78, 5) is 20.4. The molecule has 228 valence electrons. The molecule has 4 aromatic rings. The molecule has 0 amide bonds. The summed E-state index contributed by atoms with van der Waals surface area (Å²) in [6.07, 6.45) is 7.76. The van der Waals surface area contributed by atoms with Gasteiger partial charge in [0.25, 0.3) is 0 Å². The summed E-state index contributed by atoms with van der Waals surface area (Å²) in [5, 5.41) is 1.12. The Hall–Kier alpha value is -3.12. The van der Waals surface area contributed by atoms with Crippen molar-refractivity contribution < 1.29 is 14.3 Å². The van der Waals surface area contributed by atoms with Gasteiger partial charge in [0.15, 0.2) is 0 Å². The molecule has 2 atom stereocenters. The first-order chi connectivity index (χ1) is 20.2. The van der Waals surface area contributed by atoms with Gasteiger partial charge < -0.3 is 14.4 Å². The number of carbonyl (C=O) groups excluding carboxylic acids is 1. The van der Waals surface area contributed by atoms with E-state index >= 15 is 0 Å². The normalized spacial score (nSPS) is 18.1. The second-order valence-electron chi connectivity index (χ2n) is 11.5. The number of rotatable bonds is 10. The van der Waals surface area contributed by atoms with Gasteiger partial charge >= 0.3 is 5.97 Å². The van der Waals surface area contributed by atoms with Crippen LogP contribution >= 0.6 is 24.8 Å². The highest BCUT2D eigenvalue weighted by Gasteiger charge is 2.33. The predicted molar refractivity (Wildman–Crippen MR) is 177 cm³/mol. The molecule has 2 aliphatic rings. The van der Waals surface area contributed by atoms with E-state index in [1.54, 1.807) is 0 Å². The van der Waals surface area contributed by atoms with Gasteiger partial charge in [0.2, 0.25) is 0 Å². The fourth-order valence-corrected chi connectivity index (χ4v) is 6.36. The standard InChI is InChI=1S/C36H40N2O3.2ClH/c39-35(14-9-23-38-21-7-2-8-22-38)41-36-30(24-27-10-3-1-4-11-27)16-15-28-18-20-32(25-33(28)36)40-26-31-19-17-29-12-5-6-13-34(29)37-31;;/h1,3-6,10-13,17-20,25,30,36H,2,7-9,14-16,21-24,26H2;2*1H/t30-,36-;;/m1../s1. The van der Waals surface area contributed by atoms with E-state index in [9.17, 15) is 4.79 Å². The molecule has 1 aliphatic carbocycles. The van der Waals surface area contributed by atoms with Crippen molar-refractivity contribution in [1.29, 1.82) is 0 Å². The number of aryl methyl sites for hydroxylation is 1. The largest absolute Gasteiger partial charge is 0.487 e. The van der Waals surface area contributed by atoms with Gasteiger partial charge in [-0.3, -0.25) is 4.79 Å². The number of nitrogens with zero attached hydrogens (tertiary/aromatic N) is 2. The first kappa shape index (κ1) is 32.8. The molecule has 0 unspecified atom stereocenters. The van der Waals surface area contributed by atoms with Crippen molar-refractivity contribution in [3.63, 3.8) is 0 Å². The molecule has 1 fully saturated rings. The maximum Gasteiger partial charge on any atom is 0.306 e. The number of ether oxygens (including phenoxy) is 2. The van der Waals surface area contributed by atoms with E-state index in [1.807, 2.05) is 36.4 Å². The van der Waals surface area contributed by atoms with E-state index in [0.717, 1.165) is 73.2 Å². The monoisotopic (exact) mass is 620 g/mol. The van der Waals surface area contributed by atoms with E-state index in [1.165, 1.54) is 30.4 Å². The third-order valence-electron chi connectivity index (χ3n) is 8.58. The fraction of sp³-hybridized carbons (Fsp3) is 0.389. The van der Waals surface area contributed by atoms with E-state index < -0.39 is 0 Å². The van der Waals surface area contributed by atoms with E-state index in [2.05, 4.69) is 53.4 Å². The summed E-state index contributed by atoms with van der Waals surface area (Å²) in [5.74, 6) is 0.920. The molecule has 2 heterocycles. The molecule has 3 aromatic carbocycles. The summed E-state index contributed by atoms with van der Waals surface area (Å²) in [5.41, 5.74) is 5.47. The number of pyridine rings is 1. The topological polar surface area (TPSA) is 51.7 Å². The second kappa shape index (κ2) is 16.1. The molecule has 5 nitrogen and oxygen atoms in total. The summed E-state index contributed by atoms with van der Waals surface area (Å²) >= 11 is 0. The molecular formula is C36H42Cl2N2O3. The molecule has 0 saturated carbocycles. The Morgan fingerprint density at radius 2 is 1.67 bits per heavy atom. The van der Waals surface area contributed by atoms with Crippen LogP contribution in [0.1, 0.15) is 67.0 Å². The Bertz CT molecular complexity index is 1460. The average Bonchev–Trinajstić information content (AvgIpc) is 3.02. The lowest BCUT2D eigenvalue weighted by Crippen LogP contribution is -2.31. The maximum atomic E-state index is 13.2. The molecule has 43 heavy (non-hydrogen) atoms. The molecule has 0 spiro atoms. The Balaban J connectivity index is 0.00000212. The van der Waals surface area contributed by atoms with Crippen LogP contribution in [0.25, 0.3) is 10.9 Å². The SMILES string of the molecule is Cl.Cl.O=C(CCCN1CCCCC1)O[C@H]1c2cc(OCc3ccc4ccccc4n3)ccc2CC[C@@H]1Cc1ccccc1. The van der Waals surface area contributed by atoms with Gasteiger partial charge in [-0.2, -0.15) is 0 Å². The third kappa shape index (κ3) is 8.72. The number of carbonyl (C=O) groups is 1. The Kier molecular flexibility index (Phi) is 12.3. The van der Waals surface area contributed by atoms with E-state index in [4.69, 9.17) is 14.5 Å². The van der Waals surface area contributed by atoms with Crippen molar-refractivity contribution in [3.05, 3.63) is 107 Å². The number of para-hydroxylation sites is 1. The van der Waals surface area contributed by atoms with Crippen LogP contribution in [-0.4, -0.2) is 35.5 Å². The summed E-state index contributed by atoms with van der Waals surface area (Å²) in [6.45, 7) is 3.67. The van der Waals surface area contributed by atoms with Crippen molar-refractivity contribution in [2.24, 2.45) is 5.92 Å². The van der Waals surface area contributed by atoms with Crippen LogP contribution in [0, 0.1) is 5.92 Å². The van der Waals surface area contributed by atoms with Gasteiger partial charge in [-0.05, 0) is 99.1 Å². The number of halogens is 2. The first-order valence-electron chi connectivity index (χ1n) is 15.3. The lowest BCUT2D eigenvalue weighted by molar-refractivity contribution is -0.153. The molecular weight excluding hydrogens is 579 g/mol. The number of benzene rings is 3. The van der Waals surface area contributed by atoms with Gasteiger partial charge in [0, 0.05) is 17.7 Å². The molecule has 1 aromatic heterocycles. The fourth-order valence-electron chi connectivity index (χ4n) is 6.36. The second-order valence-corrected chi connectivity index (χ2v) is 11.5. The van der Waals surface area contributed by atoms with Gasteiger partial charge in [-0.25, -0.2) is 4.98 Å². The highest BCUT2D eigenvalue weighted by Crippen LogP contribution is 2.41. The Morgan fingerprint density at radius 3 is 2.51 bits per heavy atom. The third-order valence-corrected chi connectivity index (χ3v) is 8.58. The number of hydrogen-bond donors (Lipinski definition) is 0. The Morgan fingerprint density at radius 1 is 0.884 bits per heavy atom. The van der Waals surface area contributed by atoms with Crippen LogP contribution in [0.4, 0.5) is 0 Å². The van der Waals surface area contributed by atoms with E-state index in [-0.39, 0.29) is 42.8 Å². The molecule has 0 bridgehead atoms. The predicted octanol–water partition coefficient (Wildman–Crippen LogP) is 8.31. The highest BCUT2D eigenvalue weighted by molar-refractivity contribution is 5.85. The number of esters is 1. The molecule has 6 rings (SSSR count).